The Balaban J connectivity index is 2.04. The van der Waals surface area contributed by atoms with Crippen LogP contribution in [0, 0.1) is 0 Å². The lowest BCUT2D eigenvalue weighted by molar-refractivity contribution is 0.685. The van der Waals surface area contributed by atoms with E-state index < -0.39 is 0 Å². The molecule has 0 atom stereocenters. The van der Waals surface area contributed by atoms with Crippen LogP contribution in [0.4, 0.5) is 5.69 Å². The van der Waals surface area contributed by atoms with Gasteiger partial charge in [-0.05, 0) is 30.9 Å². The maximum atomic E-state index is 2.47. The van der Waals surface area contributed by atoms with Crippen LogP contribution in [0.3, 0.4) is 0 Å². The molecule has 0 heterocycles. The van der Waals surface area contributed by atoms with E-state index in [9.17, 15) is 0 Å². The molecule has 0 aliphatic heterocycles. The molecule has 0 fully saturated rings. The minimum atomic E-state index is 0.455. The molecule has 21 heavy (non-hydrogen) atoms. The molecule has 0 N–H and O–H groups in total. The molecule has 0 amide bonds. The van der Waals surface area contributed by atoms with Gasteiger partial charge >= 0.3 is 0 Å². The first kappa shape index (κ1) is 13.7. The first-order valence-corrected chi connectivity index (χ1v) is 7.54. The number of anilines is 1. The zero-order chi connectivity index (χ0) is 14.7. The van der Waals surface area contributed by atoms with Crippen molar-refractivity contribution in [1.29, 1.82) is 0 Å². The van der Waals surface area contributed by atoms with Gasteiger partial charge in [0.15, 0.2) is 0 Å². The summed E-state index contributed by atoms with van der Waals surface area (Å²) in [6, 6.07) is 26.3. The molecule has 0 radical (unpaired) electrons. The van der Waals surface area contributed by atoms with Gasteiger partial charge < -0.3 is 4.90 Å². The Morgan fingerprint density at radius 1 is 0.762 bits per heavy atom. The van der Waals surface area contributed by atoms with Gasteiger partial charge in [0.1, 0.15) is 0 Å². The fourth-order valence-corrected chi connectivity index (χ4v) is 2.78. The Morgan fingerprint density at radius 2 is 1.43 bits per heavy atom. The molecular formula is C20H21N. The summed E-state index contributed by atoms with van der Waals surface area (Å²) in [5.41, 5.74) is 2.66. The van der Waals surface area contributed by atoms with E-state index in [1.807, 2.05) is 0 Å². The van der Waals surface area contributed by atoms with E-state index in [2.05, 4.69) is 91.5 Å². The molecule has 0 spiro atoms. The molecule has 0 saturated heterocycles. The molecule has 0 aliphatic rings. The molecule has 3 aromatic carbocycles. The topological polar surface area (TPSA) is 3.24 Å². The van der Waals surface area contributed by atoms with Gasteiger partial charge in [-0.3, -0.25) is 0 Å². The van der Waals surface area contributed by atoms with Gasteiger partial charge in [-0.25, -0.2) is 0 Å². The van der Waals surface area contributed by atoms with E-state index in [1.54, 1.807) is 0 Å². The van der Waals surface area contributed by atoms with Crippen LogP contribution >= 0.6 is 0 Å². The molecule has 1 nitrogen and oxygen atoms in total. The number of benzene rings is 3. The minimum absolute atomic E-state index is 0.455. The molecule has 0 saturated carbocycles. The predicted molar refractivity (Wildman–Crippen MR) is 91.7 cm³/mol. The van der Waals surface area contributed by atoms with Gasteiger partial charge in [-0.2, -0.15) is 0 Å². The molecule has 106 valence electrons. The van der Waals surface area contributed by atoms with Crippen molar-refractivity contribution >= 4 is 16.5 Å². The Hall–Kier alpha value is -2.28. The summed E-state index contributed by atoms with van der Waals surface area (Å²) in [5.74, 6) is 0. The summed E-state index contributed by atoms with van der Waals surface area (Å²) in [7, 11) is 0. The van der Waals surface area contributed by atoms with Crippen LogP contribution in [0.15, 0.2) is 72.8 Å². The van der Waals surface area contributed by atoms with Crippen LogP contribution in [0.2, 0.25) is 0 Å². The van der Waals surface area contributed by atoms with Gasteiger partial charge in [-0.1, -0.05) is 66.7 Å². The summed E-state index contributed by atoms with van der Waals surface area (Å²) in [6.45, 7) is 5.45. The normalized spacial score (nSPS) is 11.0. The zero-order valence-electron chi connectivity index (χ0n) is 12.7. The van der Waals surface area contributed by atoms with Crippen molar-refractivity contribution < 1.29 is 0 Å². The Kier molecular flexibility index (Phi) is 3.92. The second-order valence-corrected chi connectivity index (χ2v) is 5.71. The van der Waals surface area contributed by atoms with Crippen molar-refractivity contribution in [2.75, 3.05) is 4.90 Å². The second kappa shape index (κ2) is 6.01. The van der Waals surface area contributed by atoms with Crippen molar-refractivity contribution in [2.45, 2.75) is 26.4 Å². The smallest absolute Gasteiger partial charge is 0.0451 e. The Morgan fingerprint density at radius 3 is 2.19 bits per heavy atom. The zero-order valence-corrected chi connectivity index (χ0v) is 12.7. The molecule has 0 unspecified atom stereocenters. The largest absolute Gasteiger partial charge is 0.364 e. The fourth-order valence-electron chi connectivity index (χ4n) is 2.78. The maximum Gasteiger partial charge on any atom is 0.0451 e. The molecule has 0 aromatic heterocycles. The number of rotatable bonds is 4. The van der Waals surface area contributed by atoms with E-state index in [4.69, 9.17) is 0 Å². The van der Waals surface area contributed by atoms with Crippen molar-refractivity contribution in [2.24, 2.45) is 0 Å². The van der Waals surface area contributed by atoms with Crippen LogP contribution in [0.25, 0.3) is 10.8 Å². The summed E-state index contributed by atoms with van der Waals surface area (Å²) in [4.78, 5) is 2.47. The van der Waals surface area contributed by atoms with Crippen LogP contribution in [-0.4, -0.2) is 6.04 Å². The molecule has 3 rings (SSSR count). The monoisotopic (exact) mass is 275 g/mol. The van der Waals surface area contributed by atoms with E-state index >= 15 is 0 Å². The van der Waals surface area contributed by atoms with Gasteiger partial charge in [0.25, 0.3) is 0 Å². The fraction of sp³-hybridized carbons (Fsp3) is 0.200. The second-order valence-electron chi connectivity index (χ2n) is 5.71. The van der Waals surface area contributed by atoms with Crippen LogP contribution in [0.5, 0.6) is 0 Å². The lowest BCUT2D eigenvalue weighted by atomic mass is 10.1. The number of fused-ring (bicyclic) bond motifs is 1. The highest BCUT2D eigenvalue weighted by Crippen LogP contribution is 2.29. The van der Waals surface area contributed by atoms with Gasteiger partial charge in [-0.15, -0.1) is 0 Å². The highest BCUT2D eigenvalue weighted by atomic mass is 15.1. The van der Waals surface area contributed by atoms with Crippen molar-refractivity contribution in [3.63, 3.8) is 0 Å². The quantitative estimate of drug-likeness (QED) is 0.628. The highest BCUT2D eigenvalue weighted by molar-refractivity contribution is 5.94. The van der Waals surface area contributed by atoms with Gasteiger partial charge in [0.2, 0.25) is 0 Å². The highest BCUT2D eigenvalue weighted by Gasteiger charge is 2.13. The standard InChI is InChI=1S/C20H21N/c1-16(2)21(15-17-9-4-3-5-10-17)20-14-8-12-18-11-6-7-13-19(18)20/h3-14,16H,15H2,1-2H3. The Labute approximate surface area is 126 Å². The van der Waals surface area contributed by atoms with Crippen molar-refractivity contribution in [3.8, 4) is 0 Å². The number of nitrogens with zero attached hydrogens (tertiary/aromatic N) is 1. The average molecular weight is 275 g/mol. The summed E-state index contributed by atoms with van der Waals surface area (Å²) < 4.78 is 0. The third-order valence-corrected chi connectivity index (χ3v) is 3.90. The first-order chi connectivity index (χ1) is 10.3. The van der Waals surface area contributed by atoms with E-state index in [-0.39, 0.29) is 0 Å². The van der Waals surface area contributed by atoms with E-state index in [0.717, 1.165) is 6.54 Å². The van der Waals surface area contributed by atoms with Crippen molar-refractivity contribution in [3.05, 3.63) is 78.4 Å². The minimum Gasteiger partial charge on any atom is -0.364 e. The van der Waals surface area contributed by atoms with Crippen LogP contribution < -0.4 is 4.90 Å². The third kappa shape index (κ3) is 2.92. The molecule has 0 aliphatic carbocycles. The predicted octanol–water partition coefficient (Wildman–Crippen LogP) is 5.25. The molecule has 3 aromatic rings. The molecular weight excluding hydrogens is 254 g/mol. The van der Waals surface area contributed by atoms with Crippen molar-refractivity contribution in [1.82, 2.24) is 0 Å². The molecule has 0 bridgehead atoms. The van der Waals surface area contributed by atoms with E-state index in [1.165, 1.54) is 22.0 Å². The average Bonchev–Trinajstić information content (AvgIpc) is 2.53. The number of hydrogen-bond donors (Lipinski definition) is 0. The third-order valence-electron chi connectivity index (χ3n) is 3.90. The van der Waals surface area contributed by atoms with Gasteiger partial charge in [0.05, 0.1) is 0 Å². The summed E-state index contributed by atoms with van der Waals surface area (Å²) in [6.07, 6.45) is 0. The summed E-state index contributed by atoms with van der Waals surface area (Å²) >= 11 is 0. The van der Waals surface area contributed by atoms with Gasteiger partial charge in [0, 0.05) is 23.7 Å². The number of hydrogen-bond acceptors (Lipinski definition) is 1. The van der Waals surface area contributed by atoms with E-state index in [0.29, 0.717) is 6.04 Å². The summed E-state index contributed by atoms with van der Waals surface area (Å²) in [5, 5.41) is 2.62. The first-order valence-electron chi connectivity index (χ1n) is 7.54. The Bertz CT molecular complexity index is 711. The lowest BCUT2D eigenvalue weighted by Gasteiger charge is -2.30. The molecule has 1 heteroatoms. The van der Waals surface area contributed by atoms with Crippen LogP contribution in [-0.2, 0) is 6.54 Å². The van der Waals surface area contributed by atoms with Crippen LogP contribution in [0.1, 0.15) is 19.4 Å². The SMILES string of the molecule is CC(C)N(Cc1ccccc1)c1cccc2ccccc12. The maximum absolute atomic E-state index is 2.47. The lowest BCUT2D eigenvalue weighted by Crippen LogP contribution is -2.30.